The normalized spacial score (nSPS) is 38.6. The molecule has 3 saturated heterocycles. The van der Waals surface area contributed by atoms with E-state index in [2.05, 4.69) is 15.2 Å². The van der Waals surface area contributed by atoms with Crippen molar-refractivity contribution in [2.75, 3.05) is 21.3 Å². The van der Waals surface area contributed by atoms with Gasteiger partial charge in [-0.3, -0.25) is 29.2 Å². The highest BCUT2D eigenvalue weighted by atomic mass is 16.7. The van der Waals surface area contributed by atoms with Gasteiger partial charge in [-0.1, -0.05) is 57.5 Å². The van der Waals surface area contributed by atoms with Gasteiger partial charge in [-0.25, -0.2) is 5.48 Å². The number of likely N-dealkylation sites (N-methyl/N-ethyl adjacent to an activating group) is 1. The van der Waals surface area contributed by atoms with Crippen molar-refractivity contribution in [3.05, 3.63) is 36.0 Å². The molecule has 0 spiro atoms. The number of hydrogen-bond acceptors (Lipinski definition) is 18. The number of amides is 1. The quantitative estimate of drug-likeness (QED) is 0.0557. The third-order valence-electron chi connectivity index (χ3n) is 15.8. The number of hydrogen-bond donors (Lipinski definition) is 6. The van der Waals surface area contributed by atoms with Crippen LogP contribution >= 0.6 is 0 Å². The maximum absolute atomic E-state index is 14.5. The second kappa shape index (κ2) is 25.3. The third kappa shape index (κ3) is 13.9. The van der Waals surface area contributed by atoms with Crippen LogP contribution in [0.5, 0.6) is 0 Å². The molecule has 0 bridgehead atoms. The molecule has 3 fully saturated rings. The standard InChI is InChI=1S/C52H85N5O15/c1-14-39-52(10,64)45(61)31(4)42(59)29(2)25-51(9,67-13)47(32(5)44(33(6)48(63)70-39)71-41-26-50(8,66-12)46(62)34(7)69-41)72-49-43(60)38(23-30(3)68-49)56(11)27-35-19-18-20-36(24-35)37-28-57(55-53-37)22-17-15-16-21-40(58)54-65/h18-20,24,28-34,38-39,41,43-47,49,60-62,64-65H,14-17,21-23,25-27H2,1-13H3,(H,54,58)/t29-,30-,31+,32+,33-,34+,38+,39-,41+,43-,44+,45-,46+,47-,49+,50-,51-,52-/m1/s1. The van der Waals surface area contributed by atoms with Crippen molar-refractivity contribution in [2.45, 2.75) is 218 Å². The predicted octanol–water partition coefficient (Wildman–Crippen LogP) is 4.33. The number of rotatable bonds is 17. The van der Waals surface area contributed by atoms with Gasteiger partial charge in [-0.2, -0.15) is 0 Å². The van der Waals surface area contributed by atoms with Crippen molar-refractivity contribution in [2.24, 2.45) is 23.7 Å². The SMILES string of the molecule is CC[C@H]1OC(=O)[C@H](C)[C@@H](O[C@H]2C[C@@](C)(OC)[C@@H](O)[C@H](C)O2)[C@H](C)[C@@H](O[C@@H]2O[C@H](C)C[C@H](N(C)Cc3cccc(-c4cn(CCCCCC(=O)NO)nn4)c3)[C@H]2O)[C@](C)(OC)C[C@@H](C)C(=O)[C@H](C)[C@@H](O)[C@]1(C)O. The van der Waals surface area contributed by atoms with Crippen LogP contribution in [-0.2, 0) is 60.6 Å². The Morgan fingerprint density at radius 3 is 2.28 bits per heavy atom. The molecular weight excluding hydrogens is 935 g/mol. The molecular formula is C52H85N5O15. The zero-order valence-corrected chi connectivity index (χ0v) is 44.7. The smallest absolute Gasteiger partial charge is 0.311 e. The molecule has 0 saturated carbocycles. The van der Waals surface area contributed by atoms with E-state index in [-0.39, 0.29) is 37.6 Å². The number of aryl methyl sites for hydroxylation is 1. The molecule has 0 radical (unpaired) electrons. The number of aromatic nitrogens is 3. The molecule has 18 atom stereocenters. The number of ether oxygens (including phenoxy) is 7. The fourth-order valence-electron chi connectivity index (χ4n) is 11.1. The minimum absolute atomic E-state index is 0.0570. The third-order valence-corrected chi connectivity index (χ3v) is 15.8. The van der Waals surface area contributed by atoms with Crippen molar-refractivity contribution < 1.29 is 73.2 Å². The molecule has 3 aliphatic heterocycles. The van der Waals surface area contributed by atoms with Gasteiger partial charge in [-0.15, -0.1) is 5.10 Å². The van der Waals surface area contributed by atoms with Crippen LogP contribution < -0.4 is 5.48 Å². The van der Waals surface area contributed by atoms with Crippen LogP contribution in [0.2, 0.25) is 0 Å². The molecule has 3 aliphatic rings. The second-order valence-electron chi connectivity index (χ2n) is 21.5. The van der Waals surface area contributed by atoms with Gasteiger partial charge in [0.1, 0.15) is 35.4 Å². The first-order valence-electron chi connectivity index (χ1n) is 25.7. The average Bonchev–Trinajstić information content (AvgIpc) is 3.83. The Labute approximate surface area is 425 Å². The number of aliphatic hydroxyl groups is 4. The summed E-state index contributed by atoms with van der Waals surface area (Å²) in [6, 6.07) is 7.48. The summed E-state index contributed by atoms with van der Waals surface area (Å²) in [5, 5.41) is 64.3. The molecule has 408 valence electrons. The van der Waals surface area contributed by atoms with E-state index >= 15 is 0 Å². The molecule has 20 nitrogen and oxygen atoms in total. The van der Waals surface area contributed by atoms with Crippen LogP contribution in [0, 0.1) is 23.7 Å². The molecule has 1 aromatic carbocycles. The number of ketones is 1. The summed E-state index contributed by atoms with van der Waals surface area (Å²) in [6.45, 7) is 18.1. The topological polar surface area (TPSA) is 263 Å². The first kappa shape index (κ1) is 59.4. The van der Waals surface area contributed by atoms with Crippen molar-refractivity contribution in [1.82, 2.24) is 25.4 Å². The van der Waals surface area contributed by atoms with E-state index in [1.54, 1.807) is 58.6 Å². The predicted molar refractivity (Wildman–Crippen MR) is 263 cm³/mol. The molecule has 1 amide bonds. The minimum atomic E-state index is -2.01. The van der Waals surface area contributed by atoms with Gasteiger partial charge in [0.05, 0.1) is 53.8 Å². The maximum Gasteiger partial charge on any atom is 0.311 e. The van der Waals surface area contributed by atoms with E-state index < -0.39 is 114 Å². The minimum Gasteiger partial charge on any atom is -0.459 e. The number of hydroxylamine groups is 1. The van der Waals surface area contributed by atoms with Gasteiger partial charge in [0.2, 0.25) is 5.91 Å². The van der Waals surface area contributed by atoms with Crippen LogP contribution in [0.4, 0.5) is 0 Å². The second-order valence-corrected chi connectivity index (χ2v) is 21.5. The zero-order chi connectivity index (χ0) is 53.5. The molecule has 5 rings (SSSR count). The fourth-order valence-corrected chi connectivity index (χ4v) is 11.1. The number of carbonyl (C=O) groups excluding carboxylic acids is 3. The monoisotopic (exact) mass is 1020 g/mol. The number of benzene rings is 1. The molecule has 2 aromatic rings. The van der Waals surface area contributed by atoms with Crippen molar-refractivity contribution >= 4 is 17.7 Å². The number of esters is 1. The van der Waals surface area contributed by atoms with Crippen molar-refractivity contribution in [3.63, 3.8) is 0 Å². The Kier molecular flexibility index (Phi) is 20.9. The highest BCUT2D eigenvalue weighted by Crippen LogP contribution is 2.42. The Morgan fingerprint density at radius 2 is 1.62 bits per heavy atom. The van der Waals surface area contributed by atoms with Gasteiger partial charge in [0.15, 0.2) is 12.6 Å². The van der Waals surface area contributed by atoms with Crippen molar-refractivity contribution in [3.8, 4) is 11.3 Å². The Balaban J connectivity index is 1.46. The number of Topliss-reactive ketones (excluding diaryl/α,β-unsaturated/α-hetero) is 1. The first-order valence-corrected chi connectivity index (χ1v) is 25.7. The van der Waals surface area contributed by atoms with Gasteiger partial charge < -0.3 is 53.6 Å². The molecule has 20 heteroatoms. The summed E-state index contributed by atoms with van der Waals surface area (Å²) in [6.07, 6.45) is -5.40. The van der Waals surface area contributed by atoms with Crippen LogP contribution in [0.3, 0.4) is 0 Å². The van der Waals surface area contributed by atoms with Gasteiger partial charge in [-0.05, 0) is 92.3 Å². The summed E-state index contributed by atoms with van der Waals surface area (Å²) < 4.78 is 46.6. The maximum atomic E-state index is 14.5. The summed E-state index contributed by atoms with van der Waals surface area (Å²) in [5.74, 6) is -5.19. The van der Waals surface area contributed by atoms with E-state index in [1.165, 1.54) is 21.1 Å². The largest absolute Gasteiger partial charge is 0.459 e. The van der Waals surface area contributed by atoms with Gasteiger partial charge in [0, 0.05) is 69.5 Å². The number of aliphatic hydroxyl groups excluding tert-OH is 3. The van der Waals surface area contributed by atoms with E-state index in [9.17, 15) is 34.8 Å². The van der Waals surface area contributed by atoms with E-state index in [0.29, 0.717) is 31.6 Å². The zero-order valence-electron chi connectivity index (χ0n) is 44.7. The van der Waals surface area contributed by atoms with E-state index in [4.69, 9.17) is 38.4 Å². The lowest BCUT2D eigenvalue weighted by Crippen LogP contribution is -2.61. The Hall–Kier alpha value is -3.51. The average molecular weight is 1020 g/mol. The highest BCUT2D eigenvalue weighted by Gasteiger charge is 2.54. The first-order chi connectivity index (χ1) is 33.8. The number of nitrogens with one attached hydrogen (secondary N) is 1. The van der Waals surface area contributed by atoms with Crippen LogP contribution in [0.15, 0.2) is 30.5 Å². The molecule has 72 heavy (non-hydrogen) atoms. The molecule has 6 N–H and O–H groups in total. The lowest BCUT2D eigenvalue weighted by Gasteiger charge is -2.50. The number of nitrogens with zero attached hydrogens (tertiary/aromatic N) is 4. The number of carbonyl (C=O) groups is 3. The summed E-state index contributed by atoms with van der Waals surface area (Å²) in [7, 11) is 4.92. The van der Waals surface area contributed by atoms with E-state index in [1.807, 2.05) is 51.4 Å². The number of cyclic esters (lactones) is 1. The molecule has 0 unspecified atom stereocenters. The van der Waals surface area contributed by atoms with E-state index in [0.717, 1.165) is 24.0 Å². The van der Waals surface area contributed by atoms with Gasteiger partial charge in [0.25, 0.3) is 0 Å². The molecule has 4 heterocycles. The van der Waals surface area contributed by atoms with Crippen LogP contribution in [0.25, 0.3) is 11.3 Å². The summed E-state index contributed by atoms with van der Waals surface area (Å²) in [4.78, 5) is 42.2. The molecule has 1 aromatic heterocycles. The number of methoxy groups -OCH3 is 2. The lowest BCUT2D eigenvalue weighted by molar-refractivity contribution is -0.319. The van der Waals surface area contributed by atoms with Crippen LogP contribution in [-0.4, -0.2) is 169 Å². The summed E-state index contributed by atoms with van der Waals surface area (Å²) >= 11 is 0. The Morgan fingerprint density at radius 1 is 0.931 bits per heavy atom. The van der Waals surface area contributed by atoms with Gasteiger partial charge >= 0.3 is 5.97 Å². The number of unbranched alkanes of at least 4 members (excludes halogenated alkanes) is 2. The fraction of sp³-hybridized carbons (Fsp3) is 0.788. The summed E-state index contributed by atoms with van der Waals surface area (Å²) in [5.41, 5.74) is -0.243. The van der Waals surface area contributed by atoms with Crippen LogP contribution in [0.1, 0.15) is 126 Å². The highest BCUT2D eigenvalue weighted by molar-refractivity contribution is 5.83. The van der Waals surface area contributed by atoms with Crippen molar-refractivity contribution in [1.29, 1.82) is 0 Å². The Bertz CT molecular complexity index is 2080. The molecule has 0 aliphatic carbocycles. The lowest BCUT2D eigenvalue weighted by atomic mass is 9.74.